The Kier molecular flexibility index (Phi) is 3.66. The van der Waals surface area contributed by atoms with Gasteiger partial charge in [0.2, 0.25) is 0 Å². The number of aromatic nitrogens is 1. The summed E-state index contributed by atoms with van der Waals surface area (Å²) >= 11 is 0. The molecule has 2 N–H and O–H groups in total. The van der Waals surface area contributed by atoms with Crippen molar-refractivity contribution in [1.29, 1.82) is 0 Å². The Morgan fingerprint density at radius 2 is 1.59 bits per heavy atom. The number of rotatable bonds is 3. The Bertz CT molecular complexity index is 854. The average Bonchev–Trinajstić information content (AvgIpc) is 2.58. The van der Waals surface area contributed by atoms with E-state index in [1.165, 1.54) is 0 Å². The van der Waals surface area contributed by atoms with Gasteiger partial charge >= 0.3 is 0 Å². The van der Waals surface area contributed by atoms with Crippen molar-refractivity contribution in [3.8, 4) is 28.1 Å². The van der Waals surface area contributed by atoms with Crippen molar-refractivity contribution < 1.29 is 4.74 Å². The topological polar surface area (TPSA) is 57.2 Å². The molecule has 0 radical (unpaired) electrons. The van der Waals surface area contributed by atoms with Crippen LogP contribution in [0.5, 0.6) is 5.75 Å². The summed E-state index contributed by atoms with van der Waals surface area (Å²) in [5, 5.41) is 0. The van der Waals surface area contributed by atoms with E-state index in [-0.39, 0.29) is 5.56 Å². The van der Waals surface area contributed by atoms with Crippen LogP contribution < -0.4 is 16.1 Å². The van der Waals surface area contributed by atoms with E-state index < -0.39 is 0 Å². The van der Waals surface area contributed by atoms with E-state index in [0.717, 1.165) is 27.1 Å². The highest BCUT2D eigenvalue weighted by molar-refractivity contribution is 5.71. The van der Waals surface area contributed by atoms with Gasteiger partial charge in [-0.15, -0.1) is 0 Å². The fraction of sp³-hybridized carbons (Fsp3) is 0.0556. The molecule has 0 aliphatic carbocycles. The van der Waals surface area contributed by atoms with Crippen LogP contribution in [0.2, 0.25) is 0 Å². The van der Waals surface area contributed by atoms with Gasteiger partial charge in [-0.1, -0.05) is 42.5 Å². The van der Waals surface area contributed by atoms with Gasteiger partial charge in [0.05, 0.1) is 12.8 Å². The summed E-state index contributed by atoms with van der Waals surface area (Å²) in [4.78, 5) is 12.2. The van der Waals surface area contributed by atoms with Crippen LogP contribution in [0.15, 0.2) is 71.5 Å². The van der Waals surface area contributed by atoms with E-state index in [4.69, 9.17) is 10.6 Å². The Labute approximate surface area is 128 Å². The van der Waals surface area contributed by atoms with Crippen molar-refractivity contribution >= 4 is 0 Å². The molecule has 0 bridgehead atoms. The molecule has 4 heteroatoms. The molecule has 110 valence electrons. The molecule has 0 aliphatic rings. The zero-order valence-corrected chi connectivity index (χ0v) is 12.2. The molecular formula is C18H16N2O2. The van der Waals surface area contributed by atoms with Crippen molar-refractivity contribution in [1.82, 2.24) is 4.68 Å². The second kappa shape index (κ2) is 5.77. The van der Waals surface area contributed by atoms with Crippen molar-refractivity contribution in [2.75, 3.05) is 13.0 Å². The van der Waals surface area contributed by atoms with E-state index in [9.17, 15) is 4.79 Å². The quantitative estimate of drug-likeness (QED) is 0.755. The summed E-state index contributed by atoms with van der Waals surface area (Å²) in [6.07, 6.45) is 0. The van der Waals surface area contributed by atoms with Crippen molar-refractivity contribution in [3.63, 3.8) is 0 Å². The van der Waals surface area contributed by atoms with Crippen LogP contribution >= 0.6 is 0 Å². The molecule has 3 rings (SSSR count). The van der Waals surface area contributed by atoms with Gasteiger partial charge in [-0.05, 0) is 29.3 Å². The first-order chi connectivity index (χ1) is 10.7. The number of nitrogens with zero attached hydrogens (tertiary/aromatic N) is 1. The van der Waals surface area contributed by atoms with Crippen LogP contribution in [0, 0.1) is 0 Å². The van der Waals surface area contributed by atoms with Crippen molar-refractivity contribution in [2.24, 2.45) is 0 Å². The minimum Gasteiger partial charge on any atom is -0.497 e. The summed E-state index contributed by atoms with van der Waals surface area (Å²) < 4.78 is 6.39. The molecule has 2 aromatic carbocycles. The number of hydrogen-bond acceptors (Lipinski definition) is 3. The summed E-state index contributed by atoms with van der Waals surface area (Å²) in [7, 11) is 1.61. The molecule has 0 aliphatic heterocycles. The molecule has 1 heterocycles. The third-order valence-electron chi connectivity index (χ3n) is 3.54. The van der Waals surface area contributed by atoms with Gasteiger partial charge in [0.25, 0.3) is 5.56 Å². The van der Waals surface area contributed by atoms with Gasteiger partial charge in [-0.25, -0.2) is 4.68 Å². The first kappa shape index (κ1) is 13.9. The molecule has 22 heavy (non-hydrogen) atoms. The lowest BCUT2D eigenvalue weighted by Gasteiger charge is -2.11. The van der Waals surface area contributed by atoms with Gasteiger partial charge < -0.3 is 10.6 Å². The Balaban J connectivity index is 2.19. The summed E-state index contributed by atoms with van der Waals surface area (Å²) in [5.41, 5.74) is 3.04. The number of nitrogens with two attached hydrogens (primary N) is 1. The predicted octanol–water partition coefficient (Wildman–Crippen LogP) is 2.90. The molecule has 0 spiro atoms. The third-order valence-corrected chi connectivity index (χ3v) is 3.54. The number of ether oxygens (including phenoxy) is 1. The SMILES string of the molecule is COc1cccc(-c2cc(-c3ccccc3)cc(=O)n2N)c1. The largest absolute Gasteiger partial charge is 0.497 e. The minimum atomic E-state index is -0.251. The molecule has 0 unspecified atom stereocenters. The highest BCUT2D eigenvalue weighted by atomic mass is 16.5. The molecule has 0 atom stereocenters. The maximum atomic E-state index is 12.2. The summed E-state index contributed by atoms with van der Waals surface area (Å²) in [5.74, 6) is 6.63. The van der Waals surface area contributed by atoms with Crippen LogP contribution in [0.25, 0.3) is 22.4 Å². The Hall–Kier alpha value is -3.01. The van der Waals surface area contributed by atoms with Crippen LogP contribution in [0.3, 0.4) is 0 Å². The number of nitrogen functional groups attached to an aromatic ring is 1. The lowest BCUT2D eigenvalue weighted by molar-refractivity contribution is 0.415. The molecule has 0 fully saturated rings. The molecule has 4 nitrogen and oxygen atoms in total. The molecule has 0 saturated heterocycles. The first-order valence-corrected chi connectivity index (χ1v) is 6.91. The fourth-order valence-corrected chi connectivity index (χ4v) is 2.38. The molecular weight excluding hydrogens is 276 g/mol. The Morgan fingerprint density at radius 1 is 0.864 bits per heavy atom. The van der Waals surface area contributed by atoms with E-state index in [1.807, 2.05) is 60.7 Å². The van der Waals surface area contributed by atoms with Crippen LogP contribution in [0.4, 0.5) is 0 Å². The minimum absolute atomic E-state index is 0.251. The second-order valence-corrected chi connectivity index (χ2v) is 4.94. The molecule has 1 aromatic heterocycles. The zero-order chi connectivity index (χ0) is 15.5. The summed E-state index contributed by atoms with van der Waals surface area (Å²) in [6, 6.07) is 20.7. The smallest absolute Gasteiger partial charge is 0.269 e. The fourth-order valence-electron chi connectivity index (χ4n) is 2.38. The Morgan fingerprint density at radius 3 is 2.32 bits per heavy atom. The highest BCUT2D eigenvalue weighted by Gasteiger charge is 2.09. The third kappa shape index (κ3) is 2.59. The van der Waals surface area contributed by atoms with Gasteiger partial charge in [0.1, 0.15) is 5.75 Å². The van der Waals surface area contributed by atoms with E-state index in [0.29, 0.717) is 5.69 Å². The molecule has 3 aromatic rings. The van der Waals surface area contributed by atoms with E-state index in [2.05, 4.69) is 0 Å². The first-order valence-electron chi connectivity index (χ1n) is 6.91. The molecule has 0 saturated carbocycles. The van der Waals surface area contributed by atoms with Gasteiger partial charge in [-0.2, -0.15) is 0 Å². The standard InChI is InChI=1S/C18H16N2O2/c1-22-16-9-5-8-14(10-16)17-11-15(12-18(21)20(17)19)13-6-3-2-4-7-13/h2-12H,19H2,1H3. The number of hydrogen-bond donors (Lipinski definition) is 1. The lowest BCUT2D eigenvalue weighted by Crippen LogP contribution is -2.28. The van der Waals surface area contributed by atoms with Crippen LogP contribution in [0.1, 0.15) is 0 Å². The second-order valence-electron chi connectivity index (χ2n) is 4.94. The number of benzene rings is 2. The van der Waals surface area contributed by atoms with Gasteiger partial charge in [0, 0.05) is 11.6 Å². The van der Waals surface area contributed by atoms with Gasteiger partial charge in [0.15, 0.2) is 0 Å². The average molecular weight is 292 g/mol. The lowest BCUT2D eigenvalue weighted by atomic mass is 10.0. The van der Waals surface area contributed by atoms with Crippen LogP contribution in [-0.4, -0.2) is 11.8 Å². The monoisotopic (exact) mass is 292 g/mol. The highest BCUT2D eigenvalue weighted by Crippen LogP contribution is 2.26. The maximum Gasteiger partial charge on any atom is 0.269 e. The van der Waals surface area contributed by atoms with E-state index in [1.54, 1.807) is 13.2 Å². The maximum absolute atomic E-state index is 12.2. The summed E-state index contributed by atoms with van der Waals surface area (Å²) in [6.45, 7) is 0. The zero-order valence-electron chi connectivity index (χ0n) is 12.2. The van der Waals surface area contributed by atoms with Gasteiger partial charge in [-0.3, -0.25) is 4.79 Å². The van der Waals surface area contributed by atoms with Crippen LogP contribution in [-0.2, 0) is 0 Å². The van der Waals surface area contributed by atoms with Crippen molar-refractivity contribution in [3.05, 3.63) is 77.1 Å². The number of pyridine rings is 1. The number of methoxy groups -OCH3 is 1. The normalized spacial score (nSPS) is 10.4. The van der Waals surface area contributed by atoms with Crippen molar-refractivity contribution in [2.45, 2.75) is 0 Å². The van der Waals surface area contributed by atoms with E-state index >= 15 is 0 Å². The predicted molar refractivity (Wildman–Crippen MR) is 88.3 cm³/mol. The molecule has 0 amide bonds.